The minimum absolute atomic E-state index is 0.265. The van der Waals surface area contributed by atoms with E-state index in [1.165, 1.54) is 18.2 Å². The average molecular weight is 354 g/mol. The van der Waals surface area contributed by atoms with Crippen molar-refractivity contribution in [2.75, 3.05) is 6.54 Å². The lowest BCUT2D eigenvalue weighted by Crippen LogP contribution is -2.24. The van der Waals surface area contributed by atoms with Crippen LogP contribution < -0.4 is 5.32 Å². The van der Waals surface area contributed by atoms with Crippen molar-refractivity contribution in [1.82, 2.24) is 5.32 Å². The Morgan fingerprint density at radius 2 is 1.71 bits per heavy atom. The van der Waals surface area contributed by atoms with E-state index in [1.807, 2.05) is 20.8 Å². The fraction of sp³-hybridized carbons (Fsp3) is 0.294. The third-order valence-corrected chi connectivity index (χ3v) is 4.02. The number of halogens is 3. The SMILES string of the molecule is CCNC(c1cc(Br)ccc1F)c1c(C)cc(F)cc1C. The molecular formula is C17H18BrF2N. The largest absolute Gasteiger partial charge is 0.306 e. The van der Waals surface area contributed by atoms with Crippen LogP contribution in [-0.2, 0) is 0 Å². The molecule has 0 radical (unpaired) electrons. The zero-order valence-electron chi connectivity index (χ0n) is 12.3. The highest BCUT2D eigenvalue weighted by Gasteiger charge is 2.21. The first kappa shape index (κ1) is 16.1. The van der Waals surface area contributed by atoms with E-state index in [9.17, 15) is 8.78 Å². The topological polar surface area (TPSA) is 12.0 Å². The third kappa shape index (κ3) is 3.50. The summed E-state index contributed by atoms with van der Waals surface area (Å²) >= 11 is 3.38. The molecule has 0 aliphatic rings. The summed E-state index contributed by atoms with van der Waals surface area (Å²) in [7, 11) is 0. The van der Waals surface area contributed by atoms with E-state index in [0.29, 0.717) is 12.1 Å². The van der Waals surface area contributed by atoms with Crippen LogP contribution in [0.1, 0.15) is 35.2 Å². The third-order valence-electron chi connectivity index (χ3n) is 3.52. The summed E-state index contributed by atoms with van der Waals surface area (Å²) in [6.07, 6.45) is 0. The summed E-state index contributed by atoms with van der Waals surface area (Å²) in [6.45, 7) is 6.36. The molecule has 0 saturated heterocycles. The van der Waals surface area contributed by atoms with Crippen LogP contribution in [0.25, 0.3) is 0 Å². The van der Waals surface area contributed by atoms with Crippen LogP contribution in [0.2, 0.25) is 0 Å². The van der Waals surface area contributed by atoms with Gasteiger partial charge in [0.25, 0.3) is 0 Å². The molecule has 0 bridgehead atoms. The maximum Gasteiger partial charge on any atom is 0.128 e. The number of hydrogen-bond acceptors (Lipinski definition) is 1. The van der Waals surface area contributed by atoms with Crippen molar-refractivity contribution in [2.24, 2.45) is 0 Å². The summed E-state index contributed by atoms with van der Waals surface area (Å²) in [6, 6.07) is 7.56. The number of nitrogens with one attached hydrogen (secondary N) is 1. The number of hydrogen-bond donors (Lipinski definition) is 1. The molecule has 4 heteroatoms. The van der Waals surface area contributed by atoms with E-state index in [4.69, 9.17) is 0 Å². The van der Waals surface area contributed by atoms with E-state index >= 15 is 0 Å². The molecule has 1 N–H and O–H groups in total. The summed E-state index contributed by atoms with van der Waals surface area (Å²) in [5.41, 5.74) is 3.12. The number of benzene rings is 2. The van der Waals surface area contributed by atoms with Gasteiger partial charge in [0.15, 0.2) is 0 Å². The smallest absolute Gasteiger partial charge is 0.128 e. The van der Waals surface area contributed by atoms with Crippen molar-refractivity contribution in [2.45, 2.75) is 26.8 Å². The van der Waals surface area contributed by atoms with E-state index < -0.39 is 0 Å². The van der Waals surface area contributed by atoms with Crippen LogP contribution in [-0.4, -0.2) is 6.54 Å². The molecule has 0 aliphatic carbocycles. The van der Waals surface area contributed by atoms with Crippen molar-refractivity contribution in [3.8, 4) is 0 Å². The first-order valence-corrected chi connectivity index (χ1v) is 7.68. The van der Waals surface area contributed by atoms with Gasteiger partial charge in [0.2, 0.25) is 0 Å². The van der Waals surface area contributed by atoms with Gasteiger partial charge < -0.3 is 5.32 Å². The van der Waals surface area contributed by atoms with Crippen molar-refractivity contribution in [1.29, 1.82) is 0 Å². The van der Waals surface area contributed by atoms with Gasteiger partial charge in [0.05, 0.1) is 6.04 Å². The molecule has 112 valence electrons. The lowest BCUT2D eigenvalue weighted by atomic mass is 9.91. The Morgan fingerprint density at radius 3 is 2.29 bits per heavy atom. The fourth-order valence-corrected chi connectivity index (χ4v) is 3.06. The minimum Gasteiger partial charge on any atom is -0.306 e. The van der Waals surface area contributed by atoms with Gasteiger partial charge in [-0.1, -0.05) is 22.9 Å². The van der Waals surface area contributed by atoms with Gasteiger partial charge in [0, 0.05) is 10.0 Å². The monoisotopic (exact) mass is 353 g/mol. The molecular weight excluding hydrogens is 336 g/mol. The van der Waals surface area contributed by atoms with Crippen LogP contribution in [0.15, 0.2) is 34.8 Å². The Bertz CT molecular complexity index is 632. The molecule has 1 unspecified atom stereocenters. The molecule has 1 nitrogen and oxygen atoms in total. The summed E-state index contributed by atoms with van der Waals surface area (Å²) in [5.74, 6) is -0.536. The minimum atomic E-state index is -0.298. The summed E-state index contributed by atoms with van der Waals surface area (Å²) in [4.78, 5) is 0. The molecule has 0 aromatic heterocycles. The normalized spacial score (nSPS) is 12.5. The Balaban J connectivity index is 2.61. The molecule has 1 atom stereocenters. The summed E-state index contributed by atoms with van der Waals surface area (Å²) < 4.78 is 28.6. The van der Waals surface area contributed by atoms with Crippen LogP contribution in [0, 0.1) is 25.5 Å². The molecule has 0 aliphatic heterocycles. The molecule has 0 heterocycles. The lowest BCUT2D eigenvalue weighted by molar-refractivity contribution is 0.554. The predicted molar refractivity (Wildman–Crippen MR) is 85.5 cm³/mol. The zero-order chi connectivity index (χ0) is 15.6. The number of rotatable bonds is 4. The maximum absolute atomic E-state index is 14.2. The Morgan fingerprint density at radius 1 is 1.10 bits per heavy atom. The maximum atomic E-state index is 14.2. The molecule has 0 saturated carbocycles. The molecule has 0 amide bonds. The van der Waals surface area contributed by atoms with E-state index in [0.717, 1.165) is 21.2 Å². The molecule has 21 heavy (non-hydrogen) atoms. The van der Waals surface area contributed by atoms with Gasteiger partial charge in [-0.2, -0.15) is 0 Å². The second-order valence-corrected chi connectivity index (χ2v) is 6.03. The average Bonchev–Trinajstić information content (AvgIpc) is 2.39. The second kappa shape index (κ2) is 6.67. The molecule has 0 fully saturated rings. The molecule has 2 aromatic carbocycles. The van der Waals surface area contributed by atoms with Crippen molar-refractivity contribution in [3.63, 3.8) is 0 Å². The van der Waals surface area contributed by atoms with Crippen molar-refractivity contribution >= 4 is 15.9 Å². The van der Waals surface area contributed by atoms with Gasteiger partial charge >= 0.3 is 0 Å². The summed E-state index contributed by atoms with van der Waals surface area (Å²) in [5, 5.41) is 3.30. The van der Waals surface area contributed by atoms with Crippen LogP contribution in [0.3, 0.4) is 0 Å². The fourth-order valence-electron chi connectivity index (χ4n) is 2.68. The lowest BCUT2D eigenvalue weighted by Gasteiger charge is -2.24. The Hall–Kier alpha value is -1.26. The quantitative estimate of drug-likeness (QED) is 0.811. The van der Waals surface area contributed by atoms with Gasteiger partial charge in [-0.15, -0.1) is 0 Å². The van der Waals surface area contributed by atoms with Gasteiger partial charge in [0.1, 0.15) is 11.6 Å². The first-order chi connectivity index (χ1) is 9.93. The highest BCUT2D eigenvalue weighted by atomic mass is 79.9. The van der Waals surface area contributed by atoms with E-state index in [-0.39, 0.29) is 17.7 Å². The van der Waals surface area contributed by atoms with Crippen LogP contribution >= 0.6 is 15.9 Å². The molecule has 2 aromatic rings. The molecule has 2 rings (SSSR count). The molecule has 0 spiro atoms. The van der Waals surface area contributed by atoms with Crippen molar-refractivity contribution in [3.05, 3.63) is 68.7 Å². The van der Waals surface area contributed by atoms with Crippen molar-refractivity contribution < 1.29 is 8.78 Å². The first-order valence-electron chi connectivity index (χ1n) is 6.89. The van der Waals surface area contributed by atoms with E-state index in [1.54, 1.807) is 12.1 Å². The van der Waals surface area contributed by atoms with Gasteiger partial charge in [-0.3, -0.25) is 0 Å². The standard InChI is InChI=1S/C17H18BrF2N/c1-4-21-17(14-9-12(18)5-6-15(14)20)16-10(2)7-13(19)8-11(16)3/h5-9,17,21H,4H2,1-3H3. The van der Waals surface area contributed by atoms with Gasteiger partial charge in [-0.05, 0) is 67.4 Å². The highest BCUT2D eigenvalue weighted by molar-refractivity contribution is 9.10. The zero-order valence-corrected chi connectivity index (χ0v) is 13.9. The van der Waals surface area contributed by atoms with Gasteiger partial charge in [-0.25, -0.2) is 8.78 Å². The van der Waals surface area contributed by atoms with Crippen LogP contribution in [0.5, 0.6) is 0 Å². The Labute approximate surface area is 132 Å². The Kier molecular flexibility index (Phi) is 5.12. The van der Waals surface area contributed by atoms with Crippen LogP contribution in [0.4, 0.5) is 8.78 Å². The van der Waals surface area contributed by atoms with E-state index in [2.05, 4.69) is 21.2 Å². The highest BCUT2D eigenvalue weighted by Crippen LogP contribution is 2.31. The number of aryl methyl sites for hydroxylation is 2. The predicted octanol–water partition coefficient (Wildman–Crippen LogP) is 5.04. The second-order valence-electron chi connectivity index (χ2n) is 5.11.